The Morgan fingerprint density at radius 3 is 2.60 bits per heavy atom. The van der Waals surface area contributed by atoms with Gasteiger partial charge in [0.1, 0.15) is 0 Å². The van der Waals surface area contributed by atoms with Gasteiger partial charge in [-0.3, -0.25) is 0 Å². The normalized spacial score (nSPS) is 26.9. The van der Waals surface area contributed by atoms with E-state index in [2.05, 4.69) is 29.2 Å². The summed E-state index contributed by atoms with van der Waals surface area (Å²) >= 11 is 0. The van der Waals surface area contributed by atoms with Crippen molar-refractivity contribution in [2.45, 2.75) is 69.9 Å². The molecule has 1 atom stereocenters. The Hall–Kier alpha value is -0.120. The van der Waals surface area contributed by atoms with Crippen molar-refractivity contribution in [3.63, 3.8) is 0 Å². The van der Waals surface area contributed by atoms with Crippen molar-refractivity contribution < 1.29 is 0 Å². The Morgan fingerprint density at radius 1 is 1.00 bits per heavy atom. The van der Waals surface area contributed by atoms with Crippen LogP contribution in [-0.2, 0) is 0 Å². The summed E-state index contributed by atoms with van der Waals surface area (Å²) in [5.74, 6) is 0. The van der Waals surface area contributed by atoms with Crippen LogP contribution < -0.4 is 5.32 Å². The highest BCUT2D eigenvalue weighted by Crippen LogP contribution is 2.21. The maximum absolute atomic E-state index is 3.79. The van der Waals surface area contributed by atoms with Gasteiger partial charge in [0.25, 0.3) is 0 Å². The minimum Gasteiger partial charge on any atom is -0.314 e. The van der Waals surface area contributed by atoms with E-state index in [1.54, 1.807) is 0 Å². The zero-order chi connectivity index (χ0) is 14.2. The molecule has 0 aromatic rings. The summed E-state index contributed by atoms with van der Waals surface area (Å²) in [6.45, 7) is 5.01. The van der Waals surface area contributed by atoms with Gasteiger partial charge in [-0.05, 0) is 78.8 Å². The first-order valence-corrected chi connectivity index (χ1v) is 8.88. The molecule has 1 unspecified atom stereocenters. The summed E-state index contributed by atoms with van der Waals surface area (Å²) in [7, 11) is 4.58. The molecule has 1 heterocycles. The van der Waals surface area contributed by atoms with E-state index in [4.69, 9.17) is 0 Å². The first-order valence-electron chi connectivity index (χ1n) is 8.88. The standard InChI is InChI=1S/C17H35N3/c1-19-13-6-8-16(11-15-19)18-12-7-14-20(2)17-9-4-3-5-10-17/h16-18H,3-15H2,1-2H3. The third kappa shape index (κ3) is 5.71. The largest absolute Gasteiger partial charge is 0.314 e. The second-order valence-electron chi connectivity index (χ2n) is 7.01. The number of rotatable bonds is 6. The lowest BCUT2D eigenvalue weighted by molar-refractivity contribution is 0.189. The zero-order valence-electron chi connectivity index (χ0n) is 13.7. The molecule has 0 aromatic carbocycles. The summed E-state index contributed by atoms with van der Waals surface area (Å²) in [6, 6.07) is 1.63. The molecule has 0 amide bonds. The van der Waals surface area contributed by atoms with Crippen LogP contribution in [0.4, 0.5) is 0 Å². The van der Waals surface area contributed by atoms with E-state index < -0.39 is 0 Å². The van der Waals surface area contributed by atoms with Gasteiger partial charge in [0.15, 0.2) is 0 Å². The summed E-state index contributed by atoms with van der Waals surface area (Å²) in [5.41, 5.74) is 0. The Balaban J connectivity index is 1.54. The van der Waals surface area contributed by atoms with Crippen molar-refractivity contribution in [3.8, 4) is 0 Å². The molecular weight excluding hydrogens is 246 g/mol. The van der Waals surface area contributed by atoms with Gasteiger partial charge in [-0.2, -0.15) is 0 Å². The van der Waals surface area contributed by atoms with Gasteiger partial charge in [-0.1, -0.05) is 19.3 Å². The van der Waals surface area contributed by atoms with E-state index in [0.717, 1.165) is 12.1 Å². The van der Waals surface area contributed by atoms with Crippen LogP contribution in [0.3, 0.4) is 0 Å². The molecular formula is C17H35N3. The smallest absolute Gasteiger partial charge is 0.00922 e. The minimum atomic E-state index is 0.764. The Labute approximate surface area is 126 Å². The van der Waals surface area contributed by atoms with Gasteiger partial charge in [-0.25, -0.2) is 0 Å². The van der Waals surface area contributed by atoms with Crippen molar-refractivity contribution in [2.24, 2.45) is 0 Å². The van der Waals surface area contributed by atoms with Gasteiger partial charge in [0.05, 0.1) is 0 Å². The lowest BCUT2D eigenvalue weighted by Crippen LogP contribution is -2.36. The first-order chi connectivity index (χ1) is 9.75. The molecule has 1 aliphatic carbocycles. The van der Waals surface area contributed by atoms with Gasteiger partial charge in [0.2, 0.25) is 0 Å². The fraction of sp³-hybridized carbons (Fsp3) is 1.00. The molecule has 20 heavy (non-hydrogen) atoms. The summed E-state index contributed by atoms with van der Waals surface area (Å²) < 4.78 is 0. The molecule has 1 saturated heterocycles. The van der Waals surface area contributed by atoms with Crippen molar-refractivity contribution in [3.05, 3.63) is 0 Å². The molecule has 2 fully saturated rings. The predicted octanol–water partition coefficient (Wildman–Crippen LogP) is 2.71. The predicted molar refractivity (Wildman–Crippen MR) is 87.3 cm³/mol. The van der Waals surface area contributed by atoms with Crippen LogP contribution >= 0.6 is 0 Å². The number of hydrogen-bond donors (Lipinski definition) is 1. The van der Waals surface area contributed by atoms with Crippen molar-refractivity contribution in [1.82, 2.24) is 15.1 Å². The maximum atomic E-state index is 3.79. The van der Waals surface area contributed by atoms with Crippen LogP contribution in [0.2, 0.25) is 0 Å². The number of likely N-dealkylation sites (tertiary alicyclic amines) is 1. The average molecular weight is 281 g/mol. The average Bonchev–Trinajstić information content (AvgIpc) is 2.69. The molecule has 0 aromatic heterocycles. The fourth-order valence-corrected chi connectivity index (χ4v) is 3.78. The lowest BCUT2D eigenvalue weighted by Gasteiger charge is -2.31. The van der Waals surface area contributed by atoms with Gasteiger partial charge in [-0.15, -0.1) is 0 Å². The van der Waals surface area contributed by atoms with E-state index in [9.17, 15) is 0 Å². The van der Waals surface area contributed by atoms with Crippen LogP contribution in [0.5, 0.6) is 0 Å². The SMILES string of the molecule is CN1CCCC(NCCCN(C)C2CCCCC2)CC1. The highest BCUT2D eigenvalue weighted by Gasteiger charge is 2.18. The van der Waals surface area contributed by atoms with Gasteiger partial charge < -0.3 is 15.1 Å². The zero-order valence-corrected chi connectivity index (χ0v) is 13.7. The molecule has 118 valence electrons. The molecule has 0 radical (unpaired) electrons. The number of hydrogen-bond acceptors (Lipinski definition) is 3. The van der Waals surface area contributed by atoms with Crippen molar-refractivity contribution >= 4 is 0 Å². The van der Waals surface area contributed by atoms with E-state index >= 15 is 0 Å². The van der Waals surface area contributed by atoms with Crippen molar-refractivity contribution in [2.75, 3.05) is 40.3 Å². The van der Waals surface area contributed by atoms with Crippen LogP contribution in [0, 0.1) is 0 Å². The molecule has 0 spiro atoms. The van der Waals surface area contributed by atoms with Crippen LogP contribution in [0.15, 0.2) is 0 Å². The molecule has 2 rings (SSSR count). The van der Waals surface area contributed by atoms with E-state index in [1.165, 1.54) is 84.0 Å². The monoisotopic (exact) mass is 281 g/mol. The number of nitrogens with zero attached hydrogens (tertiary/aromatic N) is 2. The van der Waals surface area contributed by atoms with Crippen LogP contribution in [-0.4, -0.2) is 62.2 Å². The molecule has 3 nitrogen and oxygen atoms in total. The minimum absolute atomic E-state index is 0.764. The summed E-state index contributed by atoms with van der Waals surface area (Å²) in [5, 5.41) is 3.79. The maximum Gasteiger partial charge on any atom is 0.00922 e. The summed E-state index contributed by atoms with van der Waals surface area (Å²) in [4.78, 5) is 5.08. The second kappa shape index (κ2) is 9.01. The van der Waals surface area contributed by atoms with Crippen molar-refractivity contribution in [1.29, 1.82) is 0 Å². The molecule has 2 aliphatic rings. The molecule has 0 bridgehead atoms. The Bertz CT molecular complexity index is 247. The topological polar surface area (TPSA) is 18.5 Å². The Morgan fingerprint density at radius 2 is 1.80 bits per heavy atom. The summed E-state index contributed by atoms with van der Waals surface area (Å²) in [6.07, 6.45) is 12.6. The quantitative estimate of drug-likeness (QED) is 0.755. The first kappa shape index (κ1) is 16.3. The van der Waals surface area contributed by atoms with E-state index in [-0.39, 0.29) is 0 Å². The van der Waals surface area contributed by atoms with E-state index in [1.807, 2.05) is 0 Å². The molecule has 1 N–H and O–H groups in total. The van der Waals surface area contributed by atoms with Crippen LogP contribution in [0.1, 0.15) is 57.8 Å². The highest BCUT2D eigenvalue weighted by atomic mass is 15.1. The van der Waals surface area contributed by atoms with Gasteiger partial charge in [0, 0.05) is 12.1 Å². The third-order valence-electron chi connectivity index (χ3n) is 5.27. The van der Waals surface area contributed by atoms with Gasteiger partial charge >= 0.3 is 0 Å². The van der Waals surface area contributed by atoms with Crippen LogP contribution in [0.25, 0.3) is 0 Å². The molecule has 1 saturated carbocycles. The fourth-order valence-electron chi connectivity index (χ4n) is 3.78. The Kier molecular flexibility index (Phi) is 7.32. The number of nitrogens with one attached hydrogen (secondary N) is 1. The lowest BCUT2D eigenvalue weighted by atomic mass is 9.94. The van der Waals surface area contributed by atoms with E-state index in [0.29, 0.717) is 0 Å². The third-order valence-corrected chi connectivity index (χ3v) is 5.27. The molecule has 3 heteroatoms. The second-order valence-corrected chi connectivity index (χ2v) is 7.01. The molecule has 1 aliphatic heterocycles. The highest BCUT2D eigenvalue weighted by molar-refractivity contribution is 4.75.